The maximum Gasteiger partial charge on any atom is 0.135 e. The van der Waals surface area contributed by atoms with Gasteiger partial charge in [0.05, 0.1) is 0 Å². The number of ether oxygens (including phenoxy) is 1. The van der Waals surface area contributed by atoms with Crippen molar-refractivity contribution < 1.29 is 4.74 Å². The van der Waals surface area contributed by atoms with Gasteiger partial charge in [0, 0.05) is 27.8 Å². The van der Waals surface area contributed by atoms with Crippen molar-refractivity contribution in [3.8, 4) is 5.75 Å². The highest BCUT2D eigenvalue weighted by Crippen LogP contribution is 2.41. The second-order valence-electron chi connectivity index (χ2n) is 4.94. The topological polar surface area (TPSA) is 35.2 Å². The second kappa shape index (κ2) is 4.41. The van der Waals surface area contributed by atoms with E-state index in [1.165, 1.54) is 15.3 Å². The van der Waals surface area contributed by atoms with Gasteiger partial charge in [-0.15, -0.1) is 11.3 Å². The van der Waals surface area contributed by atoms with E-state index < -0.39 is 0 Å². The molecule has 2 atom stereocenters. The fourth-order valence-electron chi connectivity index (χ4n) is 2.42. The Hall–Kier alpha value is -1.32. The summed E-state index contributed by atoms with van der Waals surface area (Å²) in [4.78, 5) is 2.59. The zero-order chi connectivity index (χ0) is 12.7. The van der Waals surface area contributed by atoms with E-state index >= 15 is 0 Å². The van der Waals surface area contributed by atoms with Crippen molar-refractivity contribution in [1.29, 1.82) is 0 Å². The van der Waals surface area contributed by atoms with Gasteiger partial charge in [-0.1, -0.05) is 17.7 Å². The van der Waals surface area contributed by atoms with Crippen molar-refractivity contribution >= 4 is 11.3 Å². The number of hydrogen-bond acceptors (Lipinski definition) is 3. The van der Waals surface area contributed by atoms with E-state index in [9.17, 15) is 0 Å². The average Bonchev–Trinajstić information content (AvgIpc) is 2.77. The second-order valence-corrected chi connectivity index (χ2v) is 6.26. The van der Waals surface area contributed by atoms with Gasteiger partial charge in [-0.05, 0) is 32.0 Å². The third kappa shape index (κ3) is 2.04. The van der Waals surface area contributed by atoms with E-state index in [1.54, 1.807) is 11.3 Å². The van der Waals surface area contributed by atoms with Gasteiger partial charge >= 0.3 is 0 Å². The Morgan fingerprint density at radius 2 is 2.06 bits per heavy atom. The number of benzene rings is 1. The molecule has 2 nitrogen and oxygen atoms in total. The van der Waals surface area contributed by atoms with Gasteiger partial charge in [0.2, 0.25) is 0 Å². The highest BCUT2D eigenvalue weighted by Gasteiger charge is 2.27. The summed E-state index contributed by atoms with van der Waals surface area (Å²) in [7, 11) is 0. The number of fused-ring (bicyclic) bond motifs is 1. The van der Waals surface area contributed by atoms with E-state index in [0.29, 0.717) is 0 Å². The summed E-state index contributed by atoms with van der Waals surface area (Å²) in [6.45, 7) is 4.20. The molecule has 1 aromatic carbocycles. The molecular weight excluding hydrogens is 242 g/mol. The van der Waals surface area contributed by atoms with Crippen LogP contribution in [0.4, 0.5) is 0 Å². The fraction of sp³-hybridized carbons (Fsp3) is 0.333. The molecule has 1 aliphatic heterocycles. The normalized spacial score (nSPS) is 22.4. The fourth-order valence-corrected chi connectivity index (χ4v) is 3.34. The number of rotatable bonds is 1. The van der Waals surface area contributed by atoms with E-state index in [0.717, 1.165) is 17.7 Å². The molecule has 1 aliphatic rings. The van der Waals surface area contributed by atoms with Crippen LogP contribution in [0.2, 0.25) is 0 Å². The molecule has 0 radical (unpaired) electrons. The summed E-state index contributed by atoms with van der Waals surface area (Å²) in [6, 6.07) is 10.6. The summed E-state index contributed by atoms with van der Waals surface area (Å²) in [6.07, 6.45) is 0.963. The average molecular weight is 259 g/mol. The van der Waals surface area contributed by atoms with Crippen LogP contribution < -0.4 is 10.5 Å². The molecular formula is C15H17NOS. The maximum absolute atomic E-state index is 6.27. The van der Waals surface area contributed by atoms with Crippen LogP contribution in [0.15, 0.2) is 30.3 Å². The molecule has 0 amide bonds. The minimum atomic E-state index is 0.0704. The molecule has 1 aromatic heterocycles. The smallest absolute Gasteiger partial charge is 0.135 e. The van der Waals surface area contributed by atoms with Gasteiger partial charge in [0.15, 0.2) is 0 Å². The Balaban J connectivity index is 1.94. The molecule has 0 saturated heterocycles. The standard InChI is InChI=1S/C15H17NOS/c1-9-3-5-13-11(7-9)12(16)8-14(17-13)15-6-4-10(2)18-15/h3-7,12,14H,8,16H2,1-2H3/t12-,14?/m0/s1. The molecule has 2 N–H and O–H groups in total. The number of nitrogens with two attached hydrogens (primary N) is 1. The van der Waals surface area contributed by atoms with Gasteiger partial charge in [0.25, 0.3) is 0 Å². The molecule has 0 fully saturated rings. The van der Waals surface area contributed by atoms with Crippen molar-refractivity contribution in [2.24, 2.45) is 5.73 Å². The van der Waals surface area contributed by atoms with Crippen LogP contribution in [0.5, 0.6) is 5.75 Å². The van der Waals surface area contributed by atoms with E-state index in [2.05, 4.69) is 38.1 Å². The Morgan fingerprint density at radius 1 is 1.22 bits per heavy atom. The Labute approximate surface area is 111 Å². The quantitative estimate of drug-likeness (QED) is 0.843. The summed E-state index contributed by atoms with van der Waals surface area (Å²) < 4.78 is 6.09. The summed E-state index contributed by atoms with van der Waals surface area (Å²) in [5.41, 5.74) is 8.65. The first-order chi connectivity index (χ1) is 8.63. The van der Waals surface area contributed by atoms with Gasteiger partial charge in [-0.2, -0.15) is 0 Å². The Bertz CT molecular complexity index is 576. The summed E-state index contributed by atoms with van der Waals surface area (Å²) in [5, 5.41) is 0. The molecule has 0 bridgehead atoms. The summed E-state index contributed by atoms with van der Waals surface area (Å²) in [5.74, 6) is 0.940. The largest absolute Gasteiger partial charge is 0.484 e. The molecule has 0 spiro atoms. The van der Waals surface area contributed by atoms with Crippen LogP contribution in [0, 0.1) is 13.8 Å². The molecule has 2 heterocycles. The zero-order valence-electron chi connectivity index (χ0n) is 10.6. The lowest BCUT2D eigenvalue weighted by molar-refractivity contribution is 0.165. The van der Waals surface area contributed by atoms with Crippen LogP contribution in [0.25, 0.3) is 0 Å². The zero-order valence-corrected chi connectivity index (χ0v) is 11.5. The Morgan fingerprint density at radius 3 is 2.78 bits per heavy atom. The van der Waals surface area contributed by atoms with Crippen LogP contribution in [-0.2, 0) is 0 Å². The monoisotopic (exact) mass is 259 g/mol. The first kappa shape index (κ1) is 11.8. The Kier molecular flexibility index (Phi) is 2.88. The van der Waals surface area contributed by atoms with E-state index in [4.69, 9.17) is 10.5 Å². The van der Waals surface area contributed by atoms with Crippen LogP contribution in [0.1, 0.15) is 39.4 Å². The van der Waals surface area contributed by atoms with E-state index in [-0.39, 0.29) is 12.1 Å². The van der Waals surface area contributed by atoms with Gasteiger partial charge in [0.1, 0.15) is 11.9 Å². The highest BCUT2D eigenvalue weighted by atomic mass is 32.1. The van der Waals surface area contributed by atoms with Crippen molar-refractivity contribution in [1.82, 2.24) is 0 Å². The van der Waals surface area contributed by atoms with Crippen LogP contribution in [0.3, 0.4) is 0 Å². The predicted octanol–water partition coefficient (Wildman–Crippen LogP) is 3.89. The first-order valence-corrected chi connectivity index (χ1v) is 7.04. The highest BCUT2D eigenvalue weighted by molar-refractivity contribution is 7.12. The van der Waals surface area contributed by atoms with Crippen molar-refractivity contribution in [3.63, 3.8) is 0 Å². The molecule has 1 unspecified atom stereocenters. The molecule has 94 valence electrons. The van der Waals surface area contributed by atoms with Crippen LogP contribution in [-0.4, -0.2) is 0 Å². The van der Waals surface area contributed by atoms with Gasteiger partial charge in [-0.25, -0.2) is 0 Å². The molecule has 0 aliphatic carbocycles. The first-order valence-electron chi connectivity index (χ1n) is 6.22. The predicted molar refractivity (Wildman–Crippen MR) is 75.1 cm³/mol. The molecule has 2 aromatic rings. The molecule has 18 heavy (non-hydrogen) atoms. The summed E-state index contributed by atoms with van der Waals surface area (Å²) >= 11 is 1.79. The molecule has 3 rings (SSSR count). The number of aryl methyl sites for hydroxylation is 2. The van der Waals surface area contributed by atoms with Crippen LogP contribution >= 0.6 is 11.3 Å². The van der Waals surface area contributed by atoms with Crippen molar-refractivity contribution in [3.05, 3.63) is 51.2 Å². The molecule has 0 saturated carbocycles. The van der Waals surface area contributed by atoms with Crippen molar-refractivity contribution in [2.45, 2.75) is 32.4 Å². The van der Waals surface area contributed by atoms with Gasteiger partial charge < -0.3 is 10.5 Å². The molecule has 3 heteroatoms. The number of thiophene rings is 1. The van der Waals surface area contributed by atoms with Gasteiger partial charge in [-0.3, -0.25) is 0 Å². The maximum atomic E-state index is 6.27. The SMILES string of the molecule is Cc1ccc2c(c1)[C@@H](N)CC(c1ccc(C)s1)O2. The minimum absolute atomic E-state index is 0.0704. The third-order valence-corrected chi connectivity index (χ3v) is 4.47. The number of hydrogen-bond donors (Lipinski definition) is 1. The third-order valence-electron chi connectivity index (χ3n) is 3.38. The lowest BCUT2D eigenvalue weighted by atomic mass is 9.95. The minimum Gasteiger partial charge on any atom is -0.484 e. The van der Waals surface area contributed by atoms with Crippen molar-refractivity contribution in [2.75, 3.05) is 0 Å². The lowest BCUT2D eigenvalue weighted by Gasteiger charge is -2.30. The lowest BCUT2D eigenvalue weighted by Crippen LogP contribution is -2.23. The van der Waals surface area contributed by atoms with E-state index in [1.807, 2.05) is 6.07 Å².